The number of rotatable bonds is 6. The Balaban J connectivity index is 1.47. The minimum absolute atomic E-state index is 0.0899. The minimum Gasteiger partial charge on any atom is -0.430 e. The third kappa shape index (κ3) is 4.17. The van der Waals surface area contributed by atoms with E-state index in [1.807, 2.05) is 60.7 Å². The molecule has 2 aromatic heterocycles. The first-order valence-corrected chi connectivity index (χ1v) is 9.52. The van der Waals surface area contributed by atoms with Gasteiger partial charge in [0.05, 0.1) is 11.8 Å². The van der Waals surface area contributed by atoms with E-state index in [0.29, 0.717) is 16.5 Å². The van der Waals surface area contributed by atoms with Crippen molar-refractivity contribution in [3.05, 3.63) is 90.1 Å². The van der Waals surface area contributed by atoms with E-state index < -0.39 is 0 Å². The zero-order chi connectivity index (χ0) is 18.5. The summed E-state index contributed by atoms with van der Waals surface area (Å²) in [5.74, 6) is 0.121. The maximum Gasteiger partial charge on any atom is 0.258 e. The molecule has 0 spiro atoms. The highest BCUT2D eigenvalue weighted by molar-refractivity contribution is 7.99. The van der Waals surface area contributed by atoms with Crippen molar-refractivity contribution >= 4 is 28.9 Å². The molecule has 0 atom stereocenters. The van der Waals surface area contributed by atoms with Crippen LogP contribution in [0.25, 0.3) is 11.2 Å². The van der Waals surface area contributed by atoms with Crippen LogP contribution in [-0.4, -0.2) is 21.6 Å². The minimum atomic E-state index is -0.203. The molecule has 2 aromatic carbocycles. The number of thioether (sulfide) groups is 1. The van der Waals surface area contributed by atoms with E-state index in [2.05, 4.69) is 15.3 Å². The van der Waals surface area contributed by atoms with E-state index in [9.17, 15) is 4.79 Å². The predicted octanol–water partition coefficient (Wildman–Crippen LogP) is 4.22. The van der Waals surface area contributed by atoms with Gasteiger partial charge < -0.3 is 9.73 Å². The summed E-state index contributed by atoms with van der Waals surface area (Å²) in [5, 5.41) is 3.55. The summed E-state index contributed by atoms with van der Waals surface area (Å²) in [6.07, 6.45) is 1.66. The smallest absolute Gasteiger partial charge is 0.258 e. The second-order valence-corrected chi connectivity index (χ2v) is 6.84. The van der Waals surface area contributed by atoms with Crippen LogP contribution < -0.4 is 5.32 Å². The van der Waals surface area contributed by atoms with E-state index in [-0.39, 0.29) is 17.7 Å². The fourth-order valence-electron chi connectivity index (χ4n) is 2.79. The van der Waals surface area contributed by atoms with Crippen molar-refractivity contribution in [1.29, 1.82) is 0 Å². The first kappa shape index (κ1) is 17.3. The zero-order valence-corrected chi connectivity index (χ0v) is 15.2. The molecule has 4 aromatic rings. The molecule has 1 amide bonds. The molecule has 6 heteroatoms. The Kier molecular flexibility index (Phi) is 5.16. The van der Waals surface area contributed by atoms with Gasteiger partial charge in [0.15, 0.2) is 11.2 Å². The SMILES string of the molecule is O=C(CSc1nc2ncccc2o1)NC(c1ccccc1)c1ccccc1. The molecular weight excluding hydrogens is 358 g/mol. The number of carbonyl (C=O) groups excluding carboxylic acids is 1. The van der Waals surface area contributed by atoms with Crippen molar-refractivity contribution in [2.75, 3.05) is 5.75 Å². The standard InChI is InChI=1S/C21H17N3O2S/c25-18(14-27-21-24-20-17(26-21)12-7-13-22-20)23-19(15-8-3-1-4-9-15)16-10-5-2-6-11-16/h1-13,19H,14H2,(H,23,25). The number of benzene rings is 2. The fraction of sp³-hybridized carbons (Fsp3) is 0.0952. The highest BCUT2D eigenvalue weighted by atomic mass is 32.2. The Morgan fingerprint density at radius 1 is 0.963 bits per heavy atom. The Labute approximate surface area is 160 Å². The molecule has 0 bridgehead atoms. The van der Waals surface area contributed by atoms with Gasteiger partial charge in [-0.2, -0.15) is 4.98 Å². The van der Waals surface area contributed by atoms with E-state index in [4.69, 9.17) is 4.42 Å². The van der Waals surface area contributed by atoms with Crippen LogP contribution in [0.2, 0.25) is 0 Å². The summed E-state index contributed by atoms with van der Waals surface area (Å²) in [4.78, 5) is 21.0. The van der Waals surface area contributed by atoms with Crippen LogP contribution >= 0.6 is 11.8 Å². The third-order valence-electron chi connectivity index (χ3n) is 4.04. The van der Waals surface area contributed by atoms with E-state index >= 15 is 0 Å². The van der Waals surface area contributed by atoms with Gasteiger partial charge in [0, 0.05) is 6.20 Å². The van der Waals surface area contributed by atoms with Crippen molar-refractivity contribution in [3.8, 4) is 0 Å². The Morgan fingerprint density at radius 3 is 2.26 bits per heavy atom. The monoisotopic (exact) mass is 375 g/mol. The Hall–Kier alpha value is -3.12. The number of hydrogen-bond acceptors (Lipinski definition) is 5. The number of pyridine rings is 1. The highest BCUT2D eigenvalue weighted by Gasteiger charge is 2.17. The normalized spacial score (nSPS) is 11.0. The van der Waals surface area contributed by atoms with Crippen LogP contribution in [0.3, 0.4) is 0 Å². The summed E-state index contributed by atoms with van der Waals surface area (Å²) in [7, 11) is 0. The van der Waals surface area contributed by atoms with Crippen LogP contribution in [-0.2, 0) is 4.79 Å². The number of amides is 1. The first-order valence-electron chi connectivity index (χ1n) is 8.53. The number of carbonyl (C=O) groups is 1. The molecule has 134 valence electrons. The van der Waals surface area contributed by atoms with Gasteiger partial charge in [0.25, 0.3) is 5.22 Å². The van der Waals surface area contributed by atoms with Gasteiger partial charge in [0.1, 0.15) is 0 Å². The second-order valence-electron chi connectivity index (χ2n) is 5.92. The van der Waals surface area contributed by atoms with Crippen molar-refractivity contribution in [2.24, 2.45) is 0 Å². The molecule has 0 unspecified atom stereocenters. The fourth-order valence-corrected chi connectivity index (χ4v) is 3.43. The molecule has 5 nitrogen and oxygen atoms in total. The van der Waals surface area contributed by atoms with Crippen molar-refractivity contribution in [3.63, 3.8) is 0 Å². The molecule has 4 rings (SSSR count). The number of aromatic nitrogens is 2. The van der Waals surface area contributed by atoms with Gasteiger partial charge >= 0.3 is 0 Å². The molecular formula is C21H17N3O2S. The lowest BCUT2D eigenvalue weighted by molar-refractivity contribution is -0.119. The topological polar surface area (TPSA) is 68.0 Å². The maximum atomic E-state index is 12.6. The first-order chi connectivity index (χ1) is 13.3. The number of nitrogens with zero attached hydrogens (tertiary/aromatic N) is 2. The van der Waals surface area contributed by atoms with Crippen LogP contribution in [0.15, 0.2) is 88.6 Å². The van der Waals surface area contributed by atoms with Gasteiger partial charge in [0.2, 0.25) is 5.91 Å². The van der Waals surface area contributed by atoms with Gasteiger partial charge in [-0.25, -0.2) is 4.98 Å². The average Bonchev–Trinajstić information content (AvgIpc) is 3.15. The Bertz CT molecular complexity index is 962. The summed E-state index contributed by atoms with van der Waals surface area (Å²) >= 11 is 1.26. The van der Waals surface area contributed by atoms with Crippen molar-refractivity contribution in [2.45, 2.75) is 11.3 Å². The van der Waals surface area contributed by atoms with Crippen molar-refractivity contribution in [1.82, 2.24) is 15.3 Å². The van der Waals surface area contributed by atoms with Gasteiger partial charge in [-0.05, 0) is 23.3 Å². The zero-order valence-electron chi connectivity index (χ0n) is 14.4. The second kappa shape index (κ2) is 8.05. The van der Waals surface area contributed by atoms with Crippen LogP contribution in [0.1, 0.15) is 17.2 Å². The molecule has 2 heterocycles. The highest BCUT2D eigenvalue weighted by Crippen LogP contribution is 2.24. The lowest BCUT2D eigenvalue weighted by Gasteiger charge is -2.19. The number of fused-ring (bicyclic) bond motifs is 1. The lowest BCUT2D eigenvalue weighted by atomic mass is 9.99. The number of oxazole rings is 1. The largest absolute Gasteiger partial charge is 0.430 e. The number of hydrogen-bond donors (Lipinski definition) is 1. The van der Waals surface area contributed by atoms with E-state index in [0.717, 1.165) is 11.1 Å². The third-order valence-corrected chi connectivity index (χ3v) is 4.87. The maximum absolute atomic E-state index is 12.6. The Morgan fingerprint density at radius 2 is 1.63 bits per heavy atom. The van der Waals surface area contributed by atoms with Crippen LogP contribution in [0.4, 0.5) is 0 Å². The molecule has 0 aliphatic rings. The predicted molar refractivity (Wildman–Crippen MR) is 105 cm³/mol. The molecule has 0 saturated carbocycles. The number of nitrogens with one attached hydrogen (secondary N) is 1. The van der Waals surface area contributed by atoms with Gasteiger partial charge in [-0.3, -0.25) is 4.79 Å². The molecule has 0 aliphatic heterocycles. The van der Waals surface area contributed by atoms with Gasteiger partial charge in [-0.1, -0.05) is 72.4 Å². The van der Waals surface area contributed by atoms with Crippen molar-refractivity contribution < 1.29 is 9.21 Å². The molecule has 0 fully saturated rings. The molecule has 0 radical (unpaired) electrons. The molecule has 1 N–H and O–H groups in total. The lowest BCUT2D eigenvalue weighted by Crippen LogP contribution is -2.30. The summed E-state index contributed by atoms with van der Waals surface area (Å²) in [6, 6.07) is 23.2. The summed E-state index contributed by atoms with van der Waals surface area (Å²) in [5.41, 5.74) is 3.24. The summed E-state index contributed by atoms with van der Waals surface area (Å²) in [6.45, 7) is 0. The average molecular weight is 375 g/mol. The van der Waals surface area contributed by atoms with Crippen LogP contribution in [0, 0.1) is 0 Å². The van der Waals surface area contributed by atoms with Crippen LogP contribution in [0.5, 0.6) is 0 Å². The van der Waals surface area contributed by atoms with Gasteiger partial charge in [-0.15, -0.1) is 0 Å². The molecule has 0 aliphatic carbocycles. The molecule has 27 heavy (non-hydrogen) atoms. The molecule has 0 saturated heterocycles. The van der Waals surface area contributed by atoms with E-state index in [1.54, 1.807) is 18.3 Å². The summed E-state index contributed by atoms with van der Waals surface area (Å²) < 4.78 is 5.60. The quantitative estimate of drug-likeness (QED) is 0.511. The van der Waals surface area contributed by atoms with E-state index in [1.165, 1.54) is 11.8 Å².